The van der Waals surface area contributed by atoms with Crippen LogP contribution in [0, 0.1) is 17.2 Å². The van der Waals surface area contributed by atoms with E-state index in [4.69, 9.17) is 23.7 Å². The lowest BCUT2D eigenvalue weighted by Crippen LogP contribution is -2.68. The van der Waals surface area contributed by atoms with Crippen LogP contribution in [-0.4, -0.2) is 9.67 Å². The number of aryl methyl sites for hydroxylation is 1. The molecule has 0 saturated carbocycles. The SMILES string of the molecule is Cc1n(C(C)O)cc[n+]1C.[O-][Cl+3]([O-])([O-])[O-]. The first kappa shape index (κ1) is 14.3. The van der Waals surface area contributed by atoms with Crippen LogP contribution in [0.5, 0.6) is 0 Å². The Hall–Kier alpha value is -0.700. The highest BCUT2D eigenvalue weighted by Crippen LogP contribution is 2.01. The van der Waals surface area contributed by atoms with Gasteiger partial charge in [0.05, 0.1) is 7.05 Å². The van der Waals surface area contributed by atoms with Crippen molar-refractivity contribution in [3.63, 3.8) is 0 Å². The molecule has 1 aromatic rings. The largest absolute Gasteiger partial charge is 0.355 e. The van der Waals surface area contributed by atoms with Crippen LogP contribution in [0.2, 0.25) is 0 Å². The van der Waals surface area contributed by atoms with E-state index in [1.54, 1.807) is 11.5 Å². The van der Waals surface area contributed by atoms with Gasteiger partial charge in [0, 0.05) is 13.8 Å². The summed E-state index contributed by atoms with van der Waals surface area (Å²) in [6, 6.07) is 0. The molecule has 0 aliphatic heterocycles. The highest BCUT2D eigenvalue weighted by atomic mass is 35.7. The van der Waals surface area contributed by atoms with Crippen LogP contribution in [0.15, 0.2) is 12.4 Å². The Labute approximate surface area is 89.2 Å². The van der Waals surface area contributed by atoms with Crippen molar-refractivity contribution < 1.29 is 38.6 Å². The summed E-state index contributed by atoms with van der Waals surface area (Å²) < 4.78 is 37.7. The van der Waals surface area contributed by atoms with Gasteiger partial charge in [-0.1, -0.05) is 0 Å². The Bertz CT molecular complexity index is 301. The molecule has 0 radical (unpaired) electrons. The van der Waals surface area contributed by atoms with Crippen molar-refractivity contribution >= 4 is 0 Å². The number of rotatable bonds is 1. The second kappa shape index (κ2) is 5.40. The van der Waals surface area contributed by atoms with E-state index >= 15 is 0 Å². The fourth-order valence-corrected chi connectivity index (χ4v) is 0.965. The molecule has 0 fully saturated rings. The van der Waals surface area contributed by atoms with Gasteiger partial charge in [-0.3, -0.25) is 0 Å². The normalized spacial score (nSPS) is 13.1. The third kappa shape index (κ3) is 6.39. The molecule has 1 aromatic heterocycles. The van der Waals surface area contributed by atoms with E-state index in [0.717, 1.165) is 5.82 Å². The number of hydrogen-bond donors (Lipinski definition) is 1. The maximum absolute atomic E-state index is 9.17. The minimum absolute atomic E-state index is 0.429. The van der Waals surface area contributed by atoms with Crippen LogP contribution >= 0.6 is 0 Å². The standard InChI is InChI=1S/C7H13N2O.ClHO4/c1-6-8(3)4-5-9(6)7(2)10;2-1(3,4)5/h4-5,7,10H,1-3H3;(H,2,3,4,5)/q+1;/p-1. The molecule has 1 heterocycles. The Kier molecular flexibility index (Phi) is 5.15. The molecule has 15 heavy (non-hydrogen) atoms. The molecule has 8 heteroatoms. The highest BCUT2D eigenvalue weighted by Gasteiger charge is 2.11. The fourth-order valence-electron chi connectivity index (χ4n) is 0.965. The third-order valence-corrected chi connectivity index (χ3v) is 1.74. The smallest absolute Gasteiger partial charge is 0.255 e. The Morgan fingerprint density at radius 1 is 1.40 bits per heavy atom. The molecular weight excluding hydrogens is 228 g/mol. The maximum Gasteiger partial charge on any atom is 0.255 e. The molecule has 0 saturated heterocycles. The molecule has 0 aliphatic rings. The summed E-state index contributed by atoms with van der Waals surface area (Å²) in [5.74, 6) is 1.05. The van der Waals surface area contributed by atoms with Crippen LogP contribution < -0.4 is 23.2 Å². The molecule has 1 N–H and O–H groups in total. The topological polar surface area (TPSA) is 121 Å². The van der Waals surface area contributed by atoms with E-state index in [2.05, 4.69) is 0 Å². The first-order chi connectivity index (χ1) is 6.63. The van der Waals surface area contributed by atoms with E-state index < -0.39 is 16.5 Å². The summed E-state index contributed by atoms with van der Waals surface area (Å²) in [5.41, 5.74) is 0. The van der Waals surface area contributed by atoms with E-state index in [1.165, 1.54) is 0 Å². The summed E-state index contributed by atoms with van der Waals surface area (Å²) in [7, 11) is -2.99. The molecule has 1 unspecified atom stereocenters. The lowest BCUT2D eigenvalue weighted by Gasteiger charge is -2.17. The summed E-state index contributed by atoms with van der Waals surface area (Å²) in [6.45, 7) is 3.71. The monoisotopic (exact) mass is 240 g/mol. The van der Waals surface area contributed by atoms with Gasteiger partial charge in [0.1, 0.15) is 12.4 Å². The number of aliphatic hydroxyl groups excluding tert-OH is 1. The molecule has 1 atom stereocenters. The second-order valence-electron chi connectivity index (χ2n) is 2.87. The summed E-state index contributed by atoms with van der Waals surface area (Å²) in [4.78, 5) is 0. The van der Waals surface area contributed by atoms with Crippen molar-refractivity contribution in [2.45, 2.75) is 20.1 Å². The van der Waals surface area contributed by atoms with Crippen molar-refractivity contribution in [2.75, 3.05) is 0 Å². The molecule has 0 aromatic carbocycles. The van der Waals surface area contributed by atoms with Gasteiger partial charge in [0.15, 0.2) is 6.23 Å². The van der Waals surface area contributed by atoms with Gasteiger partial charge >= 0.3 is 0 Å². The minimum Gasteiger partial charge on any atom is -0.355 e. The van der Waals surface area contributed by atoms with Gasteiger partial charge in [-0.25, -0.2) is 27.8 Å². The first-order valence-corrected chi connectivity index (χ1v) is 5.19. The van der Waals surface area contributed by atoms with Crippen molar-refractivity contribution in [3.8, 4) is 0 Å². The Balaban J connectivity index is 0.000000336. The molecule has 0 amide bonds. The first-order valence-electron chi connectivity index (χ1n) is 3.96. The van der Waals surface area contributed by atoms with E-state index in [9.17, 15) is 0 Å². The van der Waals surface area contributed by atoms with Crippen LogP contribution in [0.4, 0.5) is 0 Å². The van der Waals surface area contributed by atoms with Crippen molar-refractivity contribution in [1.82, 2.24) is 4.57 Å². The van der Waals surface area contributed by atoms with Gasteiger partial charge in [0.2, 0.25) is 0 Å². The number of aromatic nitrogens is 2. The molecule has 0 spiro atoms. The number of aliphatic hydroxyl groups is 1. The van der Waals surface area contributed by atoms with Crippen LogP contribution in [0.3, 0.4) is 0 Å². The lowest BCUT2D eigenvalue weighted by molar-refractivity contribution is -2.00. The summed E-state index contributed by atoms with van der Waals surface area (Å²) >= 11 is 0. The number of nitrogens with zero attached hydrogens (tertiary/aromatic N) is 2. The predicted octanol–water partition coefficient (Wildman–Crippen LogP) is -4.62. The number of imidazole rings is 1. The van der Waals surface area contributed by atoms with Gasteiger partial charge in [-0.2, -0.15) is 0 Å². The van der Waals surface area contributed by atoms with Crippen LogP contribution in [0.25, 0.3) is 0 Å². The van der Waals surface area contributed by atoms with Crippen molar-refractivity contribution in [1.29, 1.82) is 0 Å². The van der Waals surface area contributed by atoms with Crippen LogP contribution in [-0.2, 0) is 7.05 Å². The van der Waals surface area contributed by atoms with Gasteiger partial charge in [0.25, 0.3) is 5.82 Å². The van der Waals surface area contributed by atoms with Gasteiger partial charge < -0.3 is 5.11 Å². The summed E-state index contributed by atoms with van der Waals surface area (Å²) in [6.07, 6.45) is 3.35. The fraction of sp³-hybridized carbons (Fsp3) is 0.571. The third-order valence-electron chi connectivity index (χ3n) is 1.74. The lowest BCUT2D eigenvalue weighted by atomic mass is 10.6. The molecular formula is C7H13ClN2O5. The van der Waals surface area contributed by atoms with E-state index in [-0.39, 0.29) is 0 Å². The molecule has 1 rings (SSSR count). The zero-order valence-corrected chi connectivity index (χ0v) is 9.34. The number of hydrogen-bond acceptors (Lipinski definition) is 5. The molecule has 0 bridgehead atoms. The molecule has 7 nitrogen and oxygen atoms in total. The average molecular weight is 241 g/mol. The van der Waals surface area contributed by atoms with Crippen molar-refractivity contribution in [3.05, 3.63) is 18.2 Å². The zero-order chi connectivity index (χ0) is 12.2. The maximum atomic E-state index is 9.17. The summed E-state index contributed by atoms with van der Waals surface area (Å²) in [5, 5.41) is 9.17. The van der Waals surface area contributed by atoms with E-state index in [0.29, 0.717) is 0 Å². The Morgan fingerprint density at radius 2 is 1.80 bits per heavy atom. The highest BCUT2D eigenvalue weighted by molar-refractivity contribution is 4.80. The zero-order valence-electron chi connectivity index (χ0n) is 8.58. The average Bonchev–Trinajstić information content (AvgIpc) is 2.29. The second-order valence-corrected chi connectivity index (χ2v) is 3.63. The molecule has 88 valence electrons. The van der Waals surface area contributed by atoms with Gasteiger partial charge in [-0.15, -0.1) is 10.2 Å². The number of halogens is 1. The van der Waals surface area contributed by atoms with E-state index in [1.807, 2.05) is 30.9 Å². The van der Waals surface area contributed by atoms with Crippen LogP contribution in [0.1, 0.15) is 19.0 Å². The Morgan fingerprint density at radius 3 is 1.93 bits per heavy atom. The quantitative estimate of drug-likeness (QED) is 0.495. The minimum atomic E-state index is -4.94. The van der Waals surface area contributed by atoms with Gasteiger partial charge in [-0.05, 0) is 0 Å². The van der Waals surface area contributed by atoms with Crippen molar-refractivity contribution in [2.24, 2.45) is 7.05 Å². The molecule has 0 aliphatic carbocycles. The predicted molar refractivity (Wildman–Crippen MR) is 37.3 cm³/mol.